The van der Waals surface area contributed by atoms with Gasteiger partial charge >= 0.3 is 5.97 Å². The van der Waals surface area contributed by atoms with Crippen LogP contribution in [0.4, 0.5) is 4.39 Å². The van der Waals surface area contributed by atoms with Gasteiger partial charge in [0.1, 0.15) is 18.1 Å². The molecule has 0 aliphatic heterocycles. The molecule has 1 heterocycles. The fourth-order valence-electron chi connectivity index (χ4n) is 3.08. The maximum absolute atomic E-state index is 14.5. The maximum atomic E-state index is 14.5. The molecular weight excluding hydrogens is 429 g/mol. The van der Waals surface area contributed by atoms with Crippen LogP contribution in [0.1, 0.15) is 64.4 Å². The Bertz CT molecular complexity index is 957. The summed E-state index contributed by atoms with van der Waals surface area (Å²) in [4.78, 5) is 24.2. The van der Waals surface area contributed by atoms with E-state index in [1.165, 1.54) is 28.9 Å². The first-order chi connectivity index (χ1) is 15.4. The van der Waals surface area contributed by atoms with Crippen LogP contribution >= 0.6 is 0 Å². The molecule has 1 amide bonds. The number of para-hydroxylation sites is 1. The molecule has 0 spiro atoms. The molecule has 1 aromatic carbocycles. The summed E-state index contributed by atoms with van der Waals surface area (Å²) in [5, 5.41) is 26.7. The van der Waals surface area contributed by atoms with Crippen molar-refractivity contribution in [3.8, 4) is 11.6 Å². The van der Waals surface area contributed by atoms with Crippen molar-refractivity contribution < 1.29 is 28.9 Å². The second-order valence-electron chi connectivity index (χ2n) is 9.05. The van der Waals surface area contributed by atoms with E-state index in [2.05, 4.69) is 10.4 Å². The molecule has 1 aromatic heterocycles. The predicted octanol–water partition coefficient (Wildman–Crippen LogP) is 3.81. The van der Waals surface area contributed by atoms with Crippen LogP contribution in [0.3, 0.4) is 0 Å². The number of halogens is 1. The summed E-state index contributed by atoms with van der Waals surface area (Å²) in [5.74, 6) is -1.96. The summed E-state index contributed by atoms with van der Waals surface area (Å²) in [6.07, 6.45) is 1.13. The number of nitrogens with one attached hydrogen (secondary N) is 1. The van der Waals surface area contributed by atoms with Crippen LogP contribution in [0, 0.1) is 17.7 Å². The molecule has 182 valence electrons. The zero-order valence-corrected chi connectivity index (χ0v) is 19.8. The van der Waals surface area contributed by atoms with Crippen LogP contribution in [0.2, 0.25) is 0 Å². The van der Waals surface area contributed by atoms with Gasteiger partial charge in [0, 0.05) is 12.1 Å². The number of amides is 1. The van der Waals surface area contributed by atoms with Gasteiger partial charge in [-0.3, -0.25) is 9.59 Å². The molecule has 0 aliphatic carbocycles. The van der Waals surface area contributed by atoms with Crippen molar-refractivity contribution in [2.45, 2.75) is 65.5 Å². The normalized spacial score (nSPS) is 15.0. The molecule has 2 aromatic rings. The van der Waals surface area contributed by atoms with Gasteiger partial charge < -0.3 is 20.3 Å². The Hall–Kier alpha value is -2.94. The molecule has 33 heavy (non-hydrogen) atoms. The molecule has 2 unspecified atom stereocenters. The quantitative estimate of drug-likeness (QED) is 0.441. The lowest BCUT2D eigenvalue weighted by atomic mass is 9.94. The summed E-state index contributed by atoms with van der Waals surface area (Å²) in [7, 11) is 0. The molecule has 0 saturated heterocycles. The Labute approximate surface area is 193 Å². The molecule has 3 N–H and O–H groups in total. The van der Waals surface area contributed by atoms with Crippen molar-refractivity contribution in [2.75, 3.05) is 6.61 Å². The first-order valence-electron chi connectivity index (χ1n) is 11.2. The minimum Gasteiger partial charge on any atom is -0.481 e. The van der Waals surface area contributed by atoms with E-state index in [1.54, 1.807) is 13.0 Å². The van der Waals surface area contributed by atoms with E-state index in [0.29, 0.717) is 6.42 Å². The molecule has 3 atom stereocenters. The zero-order valence-electron chi connectivity index (χ0n) is 19.8. The van der Waals surface area contributed by atoms with E-state index in [9.17, 15) is 24.2 Å². The highest BCUT2D eigenvalue weighted by Gasteiger charge is 2.28. The number of aliphatic hydroxyl groups is 1. The van der Waals surface area contributed by atoms with E-state index >= 15 is 0 Å². The Morgan fingerprint density at radius 2 is 1.94 bits per heavy atom. The molecule has 0 bridgehead atoms. The number of aromatic nitrogens is 2. The van der Waals surface area contributed by atoms with Crippen LogP contribution in [0.15, 0.2) is 30.3 Å². The third-order valence-corrected chi connectivity index (χ3v) is 5.89. The van der Waals surface area contributed by atoms with E-state index < -0.39 is 29.3 Å². The number of carboxylic acids is 1. The Morgan fingerprint density at radius 1 is 1.27 bits per heavy atom. The predicted molar refractivity (Wildman–Crippen MR) is 122 cm³/mol. The molecule has 8 nitrogen and oxygen atoms in total. The molecule has 0 radical (unpaired) electrons. The van der Waals surface area contributed by atoms with Crippen LogP contribution in [-0.2, 0) is 4.79 Å². The summed E-state index contributed by atoms with van der Waals surface area (Å²) in [6, 6.07) is 6.70. The molecule has 0 saturated carbocycles. The van der Waals surface area contributed by atoms with Crippen molar-refractivity contribution in [3.63, 3.8) is 0 Å². The van der Waals surface area contributed by atoms with Crippen molar-refractivity contribution in [1.82, 2.24) is 15.1 Å². The average Bonchev–Trinajstić information content (AvgIpc) is 3.16. The molecular formula is C24H34FN3O5. The third kappa shape index (κ3) is 7.28. The number of hydrogen-bond acceptors (Lipinski definition) is 5. The van der Waals surface area contributed by atoms with E-state index in [0.717, 1.165) is 6.42 Å². The minimum atomic E-state index is -1.16. The second kappa shape index (κ2) is 11.3. The van der Waals surface area contributed by atoms with E-state index in [4.69, 9.17) is 4.74 Å². The van der Waals surface area contributed by atoms with Gasteiger partial charge in [-0.15, -0.1) is 0 Å². The topological polar surface area (TPSA) is 114 Å². The number of aliphatic carboxylic acids is 1. The largest absolute Gasteiger partial charge is 0.481 e. The van der Waals surface area contributed by atoms with E-state index in [1.807, 2.05) is 27.7 Å². The number of carboxylic acid groups (broad SMARTS) is 1. The van der Waals surface area contributed by atoms with Gasteiger partial charge in [0.15, 0.2) is 5.69 Å². The highest BCUT2D eigenvalue weighted by Crippen LogP contribution is 2.25. The number of carbonyl (C=O) groups excluding carboxylic acids is 1. The van der Waals surface area contributed by atoms with Gasteiger partial charge in [0.05, 0.1) is 12.0 Å². The van der Waals surface area contributed by atoms with Crippen molar-refractivity contribution >= 4 is 11.9 Å². The summed E-state index contributed by atoms with van der Waals surface area (Å²) < 4.78 is 21.4. The Balaban J connectivity index is 2.35. The fourth-order valence-corrected chi connectivity index (χ4v) is 3.08. The lowest BCUT2D eigenvalue weighted by molar-refractivity contribution is -0.137. The highest BCUT2D eigenvalue weighted by molar-refractivity contribution is 5.93. The summed E-state index contributed by atoms with van der Waals surface area (Å²) >= 11 is 0. The number of carbonyl (C=O) groups is 2. The van der Waals surface area contributed by atoms with Gasteiger partial charge in [-0.1, -0.05) is 46.2 Å². The van der Waals surface area contributed by atoms with Gasteiger partial charge in [0.25, 0.3) is 5.91 Å². The molecule has 9 heteroatoms. The smallest absolute Gasteiger partial charge is 0.305 e. The molecule has 0 aliphatic rings. The van der Waals surface area contributed by atoms with Gasteiger partial charge in [-0.25, -0.2) is 4.39 Å². The second-order valence-corrected chi connectivity index (χ2v) is 9.05. The summed E-state index contributed by atoms with van der Waals surface area (Å²) in [5.41, 5.74) is -1.12. The number of nitrogens with zero attached hydrogens (tertiary/aromatic N) is 2. The standard InChI is InChI=1S/C24H34FN3O5/c1-6-16(4)11-17(12-22(29)30)26-23(31)19-13-21(33-14-24(5,32)15(2)3)28(27-19)20-10-8-7-9-18(20)25/h7-10,13,15-17,32H,6,11-12,14H2,1-5H3,(H,26,31)(H,29,30)/t16?,17?,24-/m0/s1. The minimum absolute atomic E-state index is 0.0445. The fraction of sp³-hybridized carbons (Fsp3) is 0.542. The van der Waals surface area contributed by atoms with E-state index in [-0.39, 0.29) is 42.1 Å². The Morgan fingerprint density at radius 3 is 2.52 bits per heavy atom. The highest BCUT2D eigenvalue weighted by atomic mass is 19.1. The van der Waals surface area contributed by atoms with Gasteiger partial charge in [-0.05, 0) is 37.3 Å². The lowest BCUT2D eigenvalue weighted by Crippen LogP contribution is -2.38. The zero-order chi connectivity index (χ0) is 24.8. The first-order valence-corrected chi connectivity index (χ1v) is 11.2. The van der Waals surface area contributed by atoms with Crippen molar-refractivity contribution in [1.29, 1.82) is 0 Å². The van der Waals surface area contributed by atoms with Crippen LogP contribution in [0.5, 0.6) is 5.88 Å². The number of ether oxygens (including phenoxy) is 1. The van der Waals surface area contributed by atoms with Crippen LogP contribution in [-0.4, -0.2) is 50.1 Å². The number of hydrogen-bond donors (Lipinski definition) is 3. The first kappa shape index (κ1) is 26.3. The third-order valence-electron chi connectivity index (χ3n) is 5.89. The molecule has 0 fully saturated rings. The average molecular weight is 464 g/mol. The van der Waals surface area contributed by atoms with Crippen molar-refractivity contribution in [2.24, 2.45) is 11.8 Å². The monoisotopic (exact) mass is 463 g/mol. The number of benzene rings is 1. The SMILES string of the molecule is CCC(C)CC(CC(=O)O)NC(=O)c1cc(OC[C@](C)(O)C(C)C)n(-c2ccccc2F)n1. The van der Waals surface area contributed by atoms with Gasteiger partial charge in [0.2, 0.25) is 5.88 Å². The molecule has 2 rings (SSSR count). The maximum Gasteiger partial charge on any atom is 0.305 e. The summed E-state index contributed by atoms with van der Waals surface area (Å²) in [6.45, 7) is 9.20. The van der Waals surface area contributed by atoms with Crippen molar-refractivity contribution in [3.05, 3.63) is 41.8 Å². The Kier molecular flexibility index (Phi) is 8.99. The van der Waals surface area contributed by atoms with Crippen LogP contribution in [0.25, 0.3) is 5.69 Å². The lowest BCUT2D eigenvalue weighted by Gasteiger charge is -2.27. The number of rotatable bonds is 12. The van der Waals surface area contributed by atoms with Gasteiger partial charge in [-0.2, -0.15) is 9.78 Å². The van der Waals surface area contributed by atoms with Crippen LogP contribution < -0.4 is 10.1 Å².